The number of rotatable bonds is 5. The first-order valence-corrected chi connectivity index (χ1v) is 11.5. The summed E-state index contributed by atoms with van der Waals surface area (Å²) in [5, 5.41) is 1.07. The van der Waals surface area contributed by atoms with Gasteiger partial charge in [0, 0.05) is 22.1 Å². The number of halogens is 2. The summed E-state index contributed by atoms with van der Waals surface area (Å²) in [6, 6.07) is 17.0. The topological polar surface area (TPSA) is 51.5 Å². The summed E-state index contributed by atoms with van der Waals surface area (Å²) < 4.78 is 7.02. The van der Waals surface area contributed by atoms with Crippen LogP contribution in [0.15, 0.2) is 71.4 Å². The van der Waals surface area contributed by atoms with E-state index in [-0.39, 0.29) is 11.5 Å². The number of aryl methyl sites for hydroxylation is 1. The Balaban J connectivity index is 1.80. The minimum atomic E-state index is -0.540. The Morgan fingerprint density at radius 3 is 2.38 bits per heavy atom. The van der Waals surface area contributed by atoms with Crippen LogP contribution < -0.4 is 0 Å². The second kappa shape index (κ2) is 9.53. The van der Waals surface area contributed by atoms with Gasteiger partial charge in [0.05, 0.1) is 35.5 Å². The van der Waals surface area contributed by atoms with Crippen LogP contribution in [0.4, 0.5) is 0 Å². The molecule has 34 heavy (non-hydrogen) atoms. The van der Waals surface area contributed by atoms with E-state index in [1.807, 2.05) is 60.9 Å². The second-order valence-electron chi connectivity index (χ2n) is 8.14. The molecule has 1 aliphatic heterocycles. The monoisotopic (exact) mass is 494 g/mol. The molecule has 4 rings (SSSR count). The Labute approximate surface area is 208 Å². The van der Waals surface area contributed by atoms with Crippen molar-refractivity contribution in [1.29, 1.82) is 0 Å². The zero-order valence-electron chi connectivity index (χ0n) is 19.4. The average molecular weight is 495 g/mol. The van der Waals surface area contributed by atoms with E-state index < -0.39 is 5.97 Å². The number of allylic oxidation sites excluding steroid dienone is 1. The standard InChI is InChI=1S/C27H24Cl2N2O3/c1-16-12-20(17(2)31(16)24-11-10-21(28)14-23(24)29)13-22-25(27(33)34-4)18(3)30(26(22)32)15-19-8-6-5-7-9-19/h5-14H,15H2,1-4H3/b22-13-. The number of esters is 1. The van der Waals surface area contributed by atoms with Crippen LogP contribution in [-0.2, 0) is 20.9 Å². The molecule has 2 aromatic carbocycles. The van der Waals surface area contributed by atoms with E-state index in [0.29, 0.717) is 27.9 Å². The van der Waals surface area contributed by atoms with E-state index in [1.165, 1.54) is 7.11 Å². The van der Waals surface area contributed by atoms with Crippen LogP contribution in [0, 0.1) is 13.8 Å². The summed E-state index contributed by atoms with van der Waals surface area (Å²) in [7, 11) is 1.32. The molecule has 1 aliphatic rings. The molecule has 7 heteroatoms. The molecule has 0 saturated carbocycles. The van der Waals surface area contributed by atoms with Crippen LogP contribution >= 0.6 is 23.2 Å². The van der Waals surface area contributed by atoms with Gasteiger partial charge in [0.15, 0.2) is 0 Å². The first kappa shape index (κ1) is 23.9. The van der Waals surface area contributed by atoms with E-state index in [4.69, 9.17) is 27.9 Å². The number of carbonyl (C=O) groups excluding carboxylic acids is 2. The summed E-state index contributed by atoms with van der Waals surface area (Å²) in [5.41, 5.74) is 5.53. The molecular weight excluding hydrogens is 471 g/mol. The molecule has 1 aromatic heterocycles. The van der Waals surface area contributed by atoms with Crippen molar-refractivity contribution in [3.63, 3.8) is 0 Å². The molecule has 0 spiro atoms. The van der Waals surface area contributed by atoms with Gasteiger partial charge in [-0.15, -0.1) is 0 Å². The molecule has 0 aliphatic carbocycles. The van der Waals surface area contributed by atoms with Crippen LogP contribution in [-0.4, -0.2) is 28.5 Å². The number of hydrogen-bond acceptors (Lipinski definition) is 3. The lowest BCUT2D eigenvalue weighted by atomic mass is 10.0. The Bertz CT molecular complexity index is 1350. The average Bonchev–Trinajstić information content (AvgIpc) is 3.21. The van der Waals surface area contributed by atoms with Crippen LogP contribution in [0.3, 0.4) is 0 Å². The minimum absolute atomic E-state index is 0.240. The number of hydrogen-bond donors (Lipinski definition) is 0. The fourth-order valence-corrected chi connectivity index (χ4v) is 4.80. The number of methoxy groups -OCH3 is 1. The van der Waals surface area contributed by atoms with Gasteiger partial charge in [-0.3, -0.25) is 4.79 Å². The quantitative estimate of drug-likeness (QED) is 0.310. The van der Waals surface area contributed by atoms with Crippen LogP contribution in [0.2, 0.25) is 10.0 Å². The molecule has 0 unspecified atom stereocenters. The van der Waals surface area contributed by atoms with E-state index in [0.717, 1.165) is 28.2 Å². The summed E-state index contributed by atoms with van der Waals surface area (Å²) in [6.07, 6.45) is 1.76. The molecule has 0 bridgehead atoms. The number of ether oxygens (including phenoxy) is 1. The lowest BCUT2D eigenvalue weighted by molar-refractivity contribution is -0.136. The Morgan fingerprint density at radius 1 is 1.03 bits per heavy atom. The highest BCUT2D eigenvalue weighted by atomic mass is 35.5. The molecule has 0 N–H and O–H groups in total. The number of carbonyl (C=O) groups is 2. The molecule has 174 valence electrons. The first-order valence-electron chi connectivity index (χ1n) is 10.7. The van der Waals surface area contributed by atoms with Gasteiger partial charge in [-0.25, -0.2) is 4.79 Å². The maximum atomic E-state index is 13.5. The molecule has 1 amide bonds. The molecule has 5 nitrogen and oxygen atoms in total. The Hall–Kier alpha value is -3.28. The van der Waals surface area contributed by atoms with Gasteiger partial charge in [-0.05, 0) is 62.2 Å². The van der Waals surface area contributed by atoms with Crippen LogP contribution in [0.5, 0.6) is 0 Å². The maximum Gasteiger partial charge on any atom is 0.340 e. The molecule has 0 saturated heterocycles. The SMILES string of the molecule is COC(=O)C1=C(C)N(Cc2ccccc2)C(=O)/C1=C\c1cc(C)n(-c2ccc(Cl)cc2Cl)c1C. The smallest absolute Gasteiger partial charge is 0.340 e. The van der Waals surface area contributed by atoms with Crippen molar-refractivity contribution < 1.29 is 14.3 Å². The minimum Gasteiger partial charge on any atom is -0.465 e. The molecule has 2 heterocycles. The lowest BCUT2D eigenvalue weighted by Gasteiger charge is -2.17. The Kier molecular flexibility index (Phi) is 6.69. The van der Waals surface area contributed by atoms with Crippen molar-refractivity contribution in [2.45, 2.75) is 27.3 Å². The Morgan fingerprint density at radius 2 is 1.74 bits per heavy atom. The first-order chi connectivity index (χ1) is 16.2. The van der Waals surface area contributed by atoms with E-state index >= 15 is 0 Å². The summed E-state index contributed by atoms with van der Waals surface area (Å²) >= 11 is 12.5. The van der Waals surface area contributed by atoms with Gasteiger partial charge in [0.1, 0.15) is 0 Å². The fraction of sp³-hybridized carbons (Fsp3) is 0.185. The third-order valence-electron chi connectivity index (χ3n) is 6.01. The summed E-state index contributed by atoms with van der Waals surface area (Å²) in [6.45, 7) is 6.04. The highest BCUT2D eigenvalue weighted by molar-refractivity contribution is 6.35. The summed E-state index contributed by atoms with van der Waals surface area (Å²) in [4.78, 5) is 27.8. The largest absolute Gasteiger partial charge is 0.465 e. The van der Waals surface area contributed by atoms with E-state index in [2.05, 4.69) is 0 Å². The highest BCUT2D eigenvalue weighted by Crippen LogP contribution is 2.35. The zero-order chi connectivity index (χ0) is 24.6. The number of benzene rings is 2. The van der Waals surface area contributed by atoms with Gasteiger partial charge in [-0.2, -0.15) is 0 Å². The number of aromatic nitrogens is 1. The third kappa shape index (κ3) is 4.29. The van der Waals surface area contributed by atoms with Crippen molar-refractivity contribution >= 4 is 41.2 Å². The van der Waals surface area contributed by atoms with Crippen molar-refractivity contribution in [3.05, 3.63) is 104 Å². The maximum absolute atomic E-state index is 13.5. The van der Waals surface area contributed by atoms with Crippen molar-refractivity contribution in [2.24, 2.45) is 0 Å². The van der Waals surface area contributed by atoms with E-state index in [9.17, 15) is 9.59 Å². The van der Waals surface area contributed by atoms with Gasteiger partial charge in [0.25, 0.3) is 5.91 Å². The number of nitrogens with zero attached hydrogens (tertiary/aromatic N) is 2. The molecule has 0 radical (unpaired) electrons. The van der Waals surface area contributed by atoms with Gasteiger partial charge in [0.2, 0.25) is 0 Å². The molecular formula is C27H24Cl2N2O3. The summed E-state index contributed by atoms with van der Waals surface area (Å²) in [5.74, 6) is -0.779. The van der Waals surface area contributed by atoms with Gasteiger partial charge < -0.3 is 14.2 Å². The van der Waals surface area contributed by atoms with Crippen molar-refractivity contribution in [3.8, 4) is 5.69 Å². The van der Waals surface area contributed by atoms with Crippen molar-refractivity contribution in [1.82, 2.24) is 9.47 Å². The number of amides is 1. The normalized spacial score (nSPS) is 14.9. The molecule has 0 fully saturated rings. The van der Waals surface area contributed by atoms with Crippen molar-refractivity contribution in [2.75, 3.05) is 7.11 Å². The van der Waals surface area contributed by atoms with Gasteiger partial charge in [-0.1, -0.05) is 53.5 Å². The molecule has 3 aromatic rings. The fourth-order valence-electron chi connectivity index (χ4n) is 4.31. The lowest BCUT2D eigenvalue weighted by Crippen LogP contribution is -2.24. The zero-order valence-corrected chi connectivity index (χ0v) is 20.9. The van der Waals surface area contributed by atoms with Crippen LogP contribution in [0.25, 0.3) is 11.8 Å². The molecule has 0 atom stereocenters. The third-order valence-corrected chi connectivity index (χ3v) is 6.54. The highest BCUT2D eigenvalue weighted by Gasteiger charge is 2.37. The second-order valence-corrected chi connectivity index (χ2v) is 8.99. The predicted molar refractivity (Wildman–Crippen MR) is 135 cm³/mol. The van der Waals surface area contributed by atoms with Gasteiger partial charge >= 0.3 is 5.97 Å². The van der Waals surface area contributed by atoms with Crippen LogP contribution in [0.1, 0.15) is 29.4 Å². The van der Waals surface area contributed by atoms with E-state index in [1.54, 1.807) is 30.0 Å². The predicted octanol–water partition coefficient (Wildman–Crippen LogP) is 6.27.